The molecular weight excluding hydrogens is 292 g/mol. The highest BCUT2D eigenvalue weighted by Gasteiger charge is 2.10. The molecule has 0 aliphatic carbocycles. The van der Waals surface area contributed by atoms with Crippen LogP contribution in [0.3, 0.4) is 0 Å². The third kappa shape index (κ3) is 2.37. The summed E-state index contributed by atoms with van der Waals surface area (Å²) in [4.78, 5) is 12.1. The largest absolute Gasteiger partial charge is 0.399 e. The first kappa shape index (κ1) is 11.0. The van der Waals surface area contributed by atoms with Crippen LogP contribution in [0, 0.1) is 0 Å². The summed E-state index contributed by atoms with van der Waals surface area (Å²) in [5.74, 6) is -0.249. The van der Waals surface area contributed by atoms with Crippen LogP contribution in [0.25, 0.3) is 0 Å². The third-order valence-corrected chi connectivity index (χ3v) is 3.18. The Morgan fingerprint density at radius 3 is 3.00 bits per heavy atom. The van der Waals surface area contributed by atoms with Gasteiger partial charge in [-0.1, -0.05) is 4.49 Å². The molecule has 5 nitrogen and oxygen atoms in total. The Hall–Kier alpha value is -1.47. The van der Waals surface area contributed by atoms with Crippen molar-refractivity contribution >= 4 is 44.7 Å². The van der Waals surface area contributed by atoms with Crippen LogP contribution < -0.4 is 11.1 Å². The van der Waals surface area contributed by atoms with Crippen LogP contribution in [-0.2, 0) is 0 Å². The van der Waals surface area contributed by atoms with E-state index in [0.717, 1.165) is 16.0 Å². The molecule has 1 aromatic carbocycles. The molecule has 1 aromatic heterocycles. The number of nitrogens with one attached hydrogen (secondary N) is 1. The van der Waals surface area contributed by atoms with Gasteiger partial charge in [0, 0.05) is 10.2 Å². The Labute approximate surface area is 104 Å². The van der Waals surface area contributed by atoms with Crippen LogP contribution in [0.1, 0.15) is 9.67 Å². The lowest BCUT2D eigenvalue weighted by atomic mass is 10.3. The van der Waals surface area contributed by atoms with Crippen molar-refractivity contribution in [2.75, 3.05) is 11.1 Å². The molecule has 0 atom stereocenters. The summed E-state index contributed by atoms with van der Waals surface area (Å²) in [7, 11) is 0. The van der Waals surface area contributed by atoms with Crippen LogP contribution in [0.4, 0.5) is 11.4 Å². The van der Waals surface area contributed by atoms with Gasteiger partial charge in [0.05, 0.1) is 11.9 Å². The molecule has 1 heterocycles. The lowest BCUT2D eigenvalue weighted by Gasteiger charge is -2.06. The molecule has 0 fully saturated rings. The quantitative estimate of drug-likeness (QED) is 0.832. The van der Waals surface area contributed by atoms with Crippen molar-refractivity contribution < 1.29 is 4.79 Å². The number of hydrogen-bond acceptors (Lipinski definition) is 5. The number of aromatic nitrogens is 2. The number of halogens is 1. The lowest BCUT2D eigenvalue weighted by Crippen LogP contribution is -2.10. The summed E-state index contributed by atoms with van der Waals surface area (Å²) >= 11 is 4.36. The lowest BCUT2D eigenvalue weighted by molar-refractivity contribution is 0.103. The zero-order valence-corrected chi connectivity index (χ0v) is 10.4. The molecule has 0 aliphatic rings. The summed E-state index contributed by atoms with van der Waals surface area (Å²) in [6.45, 7) is 0. The van der Waals surface area contributed by atoms with Crippen LogP contribution in [0.5, 0.6) is 0 Å². The Morgan fingerprint density at radius 2 is 2.31 bits per heavy atom. The Balaban J connectivity index is 2.21. The van der Waals surface area contributed by atoms with Gasteiger partial charge in [0.15, 0.2) is 0 Å². The number of carbonyl (C=O) groups is 1. The van der Waals surface area contributed by atoms with Gasteiger partial charge >= 0.3 is 0 Å². The average molecular weight is 299 g/mol. The normalized spacial score (nSPS) is 10.1. The molecule has 7 heteroatoms. The fourth-order valence-electron chi connectivity index (χ4n) is 1.09. The summed E-state index contributed by atoms with van der Waals surface area (Å²) in [6.07, 6.45) is 1.42. The van der Waals surface area contributed by atoms with Crippen LogP contribution in [0.15, 0.2) is 28.9 Å². The van der Waals surface area contributed by atoms with Crippen molar-refractivity contribution in [3.63, 3.8) is 0 Å². The van der Waals surface area contributed by atoms with E-state index in [9.17, 15) is 4.79 Å². The molecule has 0 radical (unpaired) electrons. The highest BCUT2D eigenvalue weighted by molar-refractivity contribution is 9.10. The molecule has 0 aliphatic heterocycles. The SMILES string of the molecule is Nc1ccc(Br)c(NC(=O)c2cnns2)c1. The smallest absolute Gasteiger partial charge is 0.269 e. The van der Waals surface area contributed by atoms with Gasteiger partial charge in [-0.25, -0.2) is 0 Å². The number of rotatable bonds is 2. The second kappa shape index (κ2) is 4.58. The van der Waals surface area contributed by atoms with Gasteiger partial charge in [-0.2, -0.15) is 0 Å². The fourth-order valence-corrected chi connectivity index (χ4v) is 1.85. The number of nitrogen functional groups attached to an aromatic ring is 1. The van der Waals surface area contributed by atoms with Crippen molar-refractivity contribution in [3.05, 3.63) is 33.7 Å². The van der Waals surface area contributed by atoms with Gasteiger partial charge in [0.1, 0.15) is 4.88 Å². The Morgan fingerprint density at radius 1 is 1.50 bits per heavy atom. The van der Waals surface area contributed by atoms with Gasteiger partial charge in [0.2, 0.25) is 0 Å². The molecule has 0 spiro atoms. The summed E-state index contributed by atoms with van der Waals surface area (Å²) in [5, 5.41) is 6.31. The summed E-state index contributed by atoms with van der Waals surface area (Å²) in [6, 6.07) is 5.19. The van der Waals surface area contributed by atoms with E-state index in [4.69, 9.17) is 5.73 Å². The Bertz CT molecular complexity index is 514. The van der Waals surface area contributed by atoms with E-state index >= 15 is 0 Å². The standard InChI is InChI=1S/C9H7BrN4OS/c10-6-2-1-5(11)3-7(6)13-9(15)8-4-12-14-16-8/h1-4H,11H2,(H,13,15). The molecule has 3 N–H and O–H groups in total. The van der Waals surface area contributed by atoms with E-state index in [-0.39, 0.29) is 5.91 Å². The van der Waals surface area contributed by atoms with E-state index in [1.54, 1.807) is 18.2 Å². The number of hydrogen-bond donors (Lipinski definition) is 2. The molecule has 82 valence electrons. The molecule has 2 aromatic rings. The minimum atomic E-state index is -0.249. The Kier molecular flexibility index (Phi) is 3.16. The number of amides is 1. The van der Waals surface area contributed by atoms with Gasteiger partial charge in [-0.15, -0.1) is 5.10 Å². The first-order valence-corrected chi connectivity index (χ1v) is 5.87. The van der Waals surface area contributed by atoms with E-state index in [1.165, 1.54) is 6.20 Å². The first-order chi connectivity index (χ1) is 7.66. The maximum atomic E-state index is 11.7. The average Bonchev–Trinajstić information content (AvgIpc) is 2.76. The maximum absolute atomic E-state index is 11.7. The van der Waals surface area contributed by atoms with Crippen molar-refractivity contribution in [2.24, 2.45) is 0 Å². The number of nitrogens with zero attached hydrogens (tertiary/aromatic N) is 2. The molecule has 1 amide bonds. The zero-order valence-electron chi connectivity index (χ0n) is 7.98. The van der Waals surface area contributed by atoms with E-state index in [1.807, 2.05) is 0 Å². The second-order valence-corrected chi connectivity index (χ2v) is 4.62. The zero-order chi connectivity index (χ0) is 11.5. The van der Waals surface area contributed by atoms with E-state index in [2.05, 4.69) is 30.8 Å². The van der Waals surface area contributed by atoms with Crippen molar-refractivity contribution in [3.8, 4) is 0 Å². The molecule has 0 saturated heterocycles. The molecule has 0 saturated carbocycles. The summed E-state index contributed by atoms with van der Waals surface area (Å²) in [5.41, 5.74) is 6.84. The van der Waals surface area contributed by atoms with Crippen molar-refractivity contribution in [1.82, 2.24) is 9.59 Å². The first-order valence-electron chi connectivity index (χ1n) is 4.30. The fraction of sp³-hybridized carbons (Fsp3) is 0. The minimum absolute atomic E-state index is 0.249. The maximum Gasteiger partial charge on any atom is 0.269 e. The number of nitrogens with two attached hydrogens (primary N) is 1. The molecule has 2 rings (SSSR count). The molecular formula is C9H7BrN4OS. The van der Waals surface area contributed by atoms with Crippen LogP contribution in [-0.4, -0.2) is 15.5 Å². The van der Waals surface area contributed by atoms with Gasteiger partial charge in [-0.05, 0) is 45.7 Å². The van der Waals surface area contributed by atoms with E-state index < -0.39 is 0 Å². The molecule has 0 bridgehead atoms. The van der Waals surface area contributed by atoms with E-state index in [0.29, 0.717) is 16.3 Å². The predicted octanol–water partition coefficient (Wildman–Crippen LogP) is 2.14. The molecule has 0 unspecified atom stereocenters. The monoisotopic (exact) mass is 298 g/mol. The van der Waals surface area contributed by atoms with Crippen molar-refractivity contribution in [2.45, 2.75) is 0 Å². The third-order valence-electron chi connectivity index (χ3n) is 1.82. The van der Waals surface area contributed by atoms with Crippen molar-refractivity contribution in [1.29, 1.82) is 0 Å². The van der Waals surface area contributed by atoms with Crippen LogP contribution in [0.2, 0.25) is 0 Å². The second-order valence-electron chi connectivity index (χ2n) is 2.98. The predicted molar refractivity (Wildman–Crippen MR) is 66.4 cm³/mol. The topological polar surface area (TPSA) is 80.9 Å². The molecule has 16 heavy (non-hydrogen) atoms. The van der Waals surface area contributed by atoms with Gasteiger partial charge < -0.3 is 11.1 Å². The number of carbonyl (C=O) groups excluding carboxylic acids is 1. The highest BCUT2D eigenvalue weighted by atomic mass is 79.9. The highest BCUT2D eigenvalue weighted by Crippen LogP contribution is 2.25. The van der Waals surface area contributed by atoms with Gasteiger partial charge in [-0.3, -0.25) is 4.79 Å². The minimum Gasteiger partial charge on any atom is -0.399 e. The van der Waals surface area contributed by atoms with Gasteiger partial charge in [0.25, 0.3) is 5.91 Å². The number of benzene rings is 1. The summed E-state index contributed by atoms with van der Waals surface area (Å²) < 4.78 is 4.39. The number of anilines is 2. The van der Waals surface area contributed by atoms with Crippen LogP contribution >= 0.6 is 27.5 Å².